The molecule has 7 heteroatoms. The van der Waals surface area contributed by atoms with Gasteiger partial charge in [-0.2, -0.15) is 0 Å². The molecule has 2 aliphatic heterocycles. The van der Waals surface area contributed by atoms with Crippen LogP contribution in [0.15, 0.2) is 48.5 Å². The van der Waals surface area contributed by atoms with E-state index in [-0.39, 0.29) is 24.8 Å². The Balaban J connectivity index is 1.43. The summed E-state index contributed by atoms with van der Waals surface area (Å²) >= 11 is 0. The average molecular weight is 436 g/mol. The van der Waals surface area contributed by atoms with Crippen molar-refractivity contribution >= 4 is 17.7 Å². The zero-order valence-corrected chi connectivity index (χ0v) is 18.5. The van der Waals surface area contributed by atoms with Crippen LogP contribution in [0.3, 0.4) is 0 Å². The van der Waals surface area contributed by atoms with Gasteiger partial charge in [-0.25, -0.2) is 4.79 Å². The Labute approximate surface area is 188 Å². The molecule has 3 amide bonds. The van der Waals surface area contributed by atoms with E-state index in [1.54, 1.807) is 6.92 Å². The number of ketones is 1. The molecule has 2 aromatic rings. The Kier molecular flexibility index (Phi) is 6.97. The monoisotopic (exact) mass is 435 g/mol. The molecule has 2 heterocycles. The van der Waals surface area contributed by atoms with Crippen LogP contribution in [0.2, 0.25) is 0 Å². The fourth-order valence-corrected chi connectivity index (χ4v) is 4.11. The van der Waals surface area contributed by atoms with Gasteiger partial charge in [0, 0.05) is 32.6 Å². The van der Waals surface area contributed by atoms with Gasteiger partial charge in [-0.05, 0) is 22.3 Å². The summed E-state index contributed by atoms with van der Waals surface area (Å²) in [5.74, 6) is -0.431. The first-order chi connectivity index (χ1) is 15.5. The average Bonchev–Trinajstić information content (AvgIpc) is 3.08. The van der Waals surface area contributed by atoms with Gasteiger partial charge < -0.3 is 9.64 Å². The van der Waals surface area contributed by atoms with Gasteiger partial charge in [0.1, 0.15) is 6.54 Å². The summed E-state index contributed by atoms with van der Waals surface area (Å²) in [6, 6.07) is 16.2. The lowest BCUT2D eigenvalue weighted by molar-refractivity contribution is -0.129. The van der Waals surface area contributed by atoms with Gasteiger partial charge in [0.05, 0.1) is 19.8 Å². The zero-order valence-electron chi connectivity index (χ0n) is 18.5. The SMILES string of the molecule is CCC(=O)CN1C(=O)CN(Cc2ccc(-c3ccccc3CN3CCOCC3)cc2)C1=O. The van der Waals surface area contributed by atoms with E-state index in [1.165, 1.54) is 16.0 Å². The molecule has 168 valence electrons. The van der Waals surface area contributed by atoms with E-state index in [1.807, 2.05) is 18.2 Å². The van der Waals surface area contributed by atoms with Crippen LogP contribution in [0.5, 0.6) is 0 Å². The van der Waals surface area contributed by atoms with Crippen molar-refractivity contribution in [1.82, 2.24) is 14.7 Å². The molecule has 0 unspecified atom stereocenters. The number of nitrogens with zero attached hydrogens (tertiary/aromatic N) is 3. The third-order valence-electron chi connectivity index (χ3n) is 6.01. The minimum absolute atomic E-state index is 0.0139. The van der Waals surface area contributed by atoms with Crippen molar-refractivity contribution in [3.8, 4) is 11.1 Å². The molecule has 2 aromatic carbocycles. The highest BCUT2D eigenvalue weighted by atomic mass is 16.5. The summed E-state index contributed by atoms with van der Waals surface area (Å²) in [6.45, 7) is 6.27. The first-order valence-corrected chi connectivity index (χ1v) is 11.1. The van der Waals surface area contributed by atoms with Crippen LogP contribution in [0.1, 0.15) is 24.5 Å². The van der Waals surface area contributed by atoms with Crippen LogP contribution < -0.4 is 0 Å². The minimum Gasteiger partial charge on any atom is -0.379 e. The molecular weight excluding hydrogens is 406 g/mol. The molecule has 0 saturated carbocycles. The summed E-state index contributed by atoms with van der Waals surface area (Å²) in [7, 11) is 0. The van der Waals surface area contributed by atoms with Crippen molar-refractivity contribution in [3.05, 3.63) is 59.7 Å². The number of carbonyl (C=O) groups is 3. The molecule has 0 spiro atoms. The Hall–Kier alpha value is -3.03. The number of imide groups is 1. The number of urea groups is 1. The van der Waals surface area contributed by atoms with Crippen LogP contribution in [-0.4, -0.2) is 71.8 Å². The van der Waals surface area contributed by atoms with E-state index >= 15 is 0 Å². The first kappa shape index (κ1) is 22.2. The molecule has 0 N–H and O–H groups in total. The lowest BCUT2D eigenvalue weighted by atomic mass is 9.98. The number of benzene rings is 2. The number of hydrogen-bond acceptors (Lipinski definition) is 5. The summed E-state index contributed by atoms with van der Waals surface area (Å²) in [4.78, 5) is 41.4. The van der Waals surface area contributed by atoms with Crippen molar-refractivity contribution in [1.29, 1.82) is 0 Å². The summed E-state index contributed by atoms with van der Waals surface area (Å²) in [5, 5.41) is 0. The van der Waals surface area contributed by atoms with E-state index in [9.17, 15) is 14.4 Å². The maximum atomic E-state index is 12.6. The molecule has 0 radical (unpaired) electrons. The summed E-state index contributed by atoms with van der Waals surface area (Å²) < 4.78 is 5.45. The molecule has 2 fully saturated rings. The number of ether oxygens (including phenoxy) is 1. The van der Waals surface area contributed by atoms with Crippen molar-refractivity contribution in [2.45, 2.75) is 26.4 Å². The third-order valence-corrected chi connectivity index (χ3v) is 6.01. The topological polar surface area (TPSA) is 70.2 Å². The van der Waals surface area contributed by atoms with E-state index < -0.39 is 6.03 Å². The van der Waals surface area contributed by atoms with Gasteiger partial charge in [-0.3, -0.25) is 19.4 Å². The maximum absolute atomic E-state index is 12.6. The molecule has 0 bridgehead atoms. The highest BCUT2D eigenvalue weighted by molar-refractivity contribution is 6.04. The lowest BCUT2D eigenvalue weighted by Gasteiger charge is -2.27. The first-order valence-electron chi connectivity index (χ1n) is 11.1. The third kappa shape index (κ3) is 5.06. The van der Waals surface area contributed by atoms with Crippen molar-refractivity contribution in [3.63, 3.8) is 0 Å². The molecule has 32 heavy (non-hydrogen) atoms. The van der Waals surface area contributed by atoms with Gasteiger partial charge in [0.2, 0.25) is 0 Å². The molecule has 7 nitrogen and oxygen atoms in total. The van der Waals surface area contributed by atoms with Crippen molar-refractivity contribution in [2.24, 2.45) is 0 Å². The highest BCUT2D eigenvalue weighted by Crippen LogP contribution is 2.26. The van der Waals surface area contributed by atoms with Crippen molar-refractivity contribution < 1.29 is 19.1 Å². The number of rotatable bonds is 8. The number of Topliss-reactive ketones (excluding diaryl/α,β-unsaturated/α-hetero) is 1. The zero-order chi connectivity index (χ0) is 22.5. The van der Waals surface area contributed by atoms with Gasteiger partial charge in [-0.15, -0.1) is 0 Å². The number of morpholine rings is 1. The van der Waals surface area contributed by atoms with Crippen molar-refractivity contribution in [2.75, 3.05) is 39.4 Å². The highest BCUT2D eigenvalue weighted by Gasteiger charge is 2.36. The standard InChI is InChI=1S/C25H29N3O4/c1-2-22(29)17-28-24(30)18-27(25(28)31)15-19-7-9-20(10-8-19)23-6-4-3-5-21(23)16-26-11-13-32-14-12-26/h3-10H,2,11-18H2,1H3. The predicted octanol–water partition coefficient (Wildman–Crippen LogP) is 2.93. The summed E-state index contributed by atoms with van der Waals surface area (Å²) in [5.41, 5.74) is 4.54. The van der Waals surface area contributed by atoms with Gasteiger partial charge >= 0.3 is 6.03 Å². The van der Waals surface area contributed by atoms with Gasteiger partial charge in [0.15, 0.2) is 5.78 Å². The van der Waals surface area contributed by atoms with Gasteiger partial charge in [-0.1, -0.05) is 55.5 Å². The molecule has 2 saturated heterocycles. The Morgan fingerprint density at radius 3 is 2.41 bits per heavy atom. The molecular formula is C25H29N3O4. The van der Waals surface area contributed by atoms with Crippen LogP contribution >= 0.6 is 0 Å². The Morgan fingerprint density at radius 2 is 1.69 bits per heavy atom. The van der Waals surface area contributed by atoms with E-state index in [0.29, 0.717) is 13.0 Å². The number of amides is 3. The molecule has 0 aromatic heterocycles. The Morgan fingerprint density at radius 1 is 0.969 bits per heavy atom. The van der Waals surface area contributed by atoms with E-state index in [4.69, 9.17) is 4.74 Å². The maximum Gasteiger partial charge on any atom is 0.327 e. The fourth-order valence-electron chi connectivity index (χ4n) is 4.11. The molecule has 0 aliphatic carbocycles. The fraction of sp³-hybridized carbons (Fsp3) is 0.400. The van der Waals surface area contributed by atoms with E-state index in [0.717, 1.165) is 48.9 Å². The second-order valence-electron chi connectivity index (χ2n) is 8.25. The predicted molar refractivity (Wildman–Crippen MR) is 121 cm³/mol. The summed E-state index contributed by atoms with van der Waals surface area (Å²) in [6.07, 6.45) is 0.311. The quantitative estimate of drug-likeness (QED) is 0.597. The lowest BCUT2D eigenvalue weighted by Crippen LogP contribution is -2.36. The normalized spacial score (nSPS) is 17.3. The Bertz CT molecular complexity index is 983. The molecule has 4 rings (SSSR count). The smallest absolute Gasteiger partial charge is 0.327 e. The largest absolute Gasteiger partial charge is 0.379 e. The van der Waals surface area contributed by atoms with Crippen LogP contribution in [0, 0.1) is 0 Å². The van der Waals surface area contributed by atoms with Crippen LogP contribution in [0.25, 0.3) is 11.1 Å². The number of carbonyl (C=O) groups excluding carboxylic acids is 3. The second kappa shape index (κ2) is 10.1. The molecule has 2 aliphatic rings. The number of hydrogen-bond donors (Lipinski definition) is 0. The van der Waals surface area contributed by atoms with Crippen LogP contribution in [-0.2, 0) is 27.4 Å². The van der Waals surface area contributed by atoms with Crippen LogP contribution in [0.4, 0.5) is 4.79 Å². The minimum atomic E-state index is -0.392. The second-order valence-corrected chi connectivity index (χ2v) is 8.25. The van der Waals surface area contributed by atoms with Gasteiger partial charge in [0.25, 0.3) is 5.91 Å². The molecule has 0 atom stereocenters. The van der Waals surface area contributed by atoms with E-state index in [2.05, 4.69) is 35.2 Å².